The standard InChI is InChI=1S/C11H9NO4S2/c13-9(14)5-8(10(15)16)18-11-12-6-3-1-2-4-7(6)17-11/h1-4,8H,5H2,(H,13,14)(H,15,16)/t8-/m0/s1. The van der Waals surface area contributed by atoms with Crippen LogP contribution in [0.3, 0.4) is 0 Å². The second-order valence-electron chi connectivity index (χ2n) is 3.49. The summed E-state index contributed by atoms with van der Waals surface area (Å²) in [5.41, 5.74) is 0.796. The summed E-state index contributed by atoms with van der Waals surface area (Å²) in [6, 6.07) is 7.45. The van der Waals surface area contributed by atoms with Crippen LogP contribution < -0.4 is 0 Å². The van der Waals surface area contributed by atoms with Crippen LogP contribution in [0.25, 0.3) is 10.2 Å². The first-order valence-electron chi connectivity index (χ1n) is 5.03. The van der Waals surface area contributed by atoms with Gasteiger partial charge in [-0.3, -0.25) is 9.59 Å². The van der Waals surface area contributed by atoms with Gasteiger partial charge in [-0.2, -0.15) is 0 Å². The Hall–Kier alpha value is -1.60. The number of aromatic nitrogens is 1. The Bertz CT molecular complexity index is 562. The molecule has 1 aromatic carbocycles. The molecule has 1 heterocycles. The maximum atomic E-state index is 10.9. The highest BCUT2D eigenvalue weighted by atomic mass is 32.2. The van der Waals surface area contributed by atoms with Crippen molar-refractivity contribution in [1.82, 2.24) is 4.98 Å². The third-order valence-corrected chi connectivity index (χ3v) is 4.47. The highest BCUT2D eigenvalue weighted by Gasteiger charge is 2.23. The van der Waals surface area contributed by atoms with Crippen LogP contribution in [-0.2, 0) is 9.59 Å². The van der Waals surface area contributed by atoms with Gasteiger partial charge in [0.15, 0.2) is 4.34 Å². The molecule has 2 N–H and O–H groups in total. The van der Waals surface area contributed by atoms with Gasteiger partial charge in [-0.05, 0) is 12.1 Å². The van der Waals surface area contributed by atoms with Crippen molar-refractivity contribution in [2.45, 2.75) is 16.0 Å². The lowest BCUT2D eigenvalue weighted by Gasteiger charge is -2.06. The van der Waals surface area contributed by atoms with E-state index >= 15 is 0 Å². The lowest BCUT2D eigenvalue weighted by Crippen LogP contribution is -2.20. The topological polar surface area (TPSA) is 87.5 Å². The summed E-state index contributed by atoms with van der Waals surface area (Å²) in [5.74, 6) is -2.27. The maximum Gasteiger partial charge on any atom is 0.317 e. The van der Waals surface area contributed by atoms with Gasteiger partial charge in [0.05, 0.1) is 16.6 Å². The number of para-hydroxylation sites is 1. The Morgan fingerprint density at radius 2 is 2.06 bits per heavy atom. The van der Waals surface area contributed by atoms with Gasteiger partial charge in [-0.1, -0.05) is 23.9 Å². The number of carboxylic acids is 2. The van der Waals surface area contributed by atoms with Crippen LogP contribution in [0.15, 0.2) is 28.6 Å². The molecular weight excluding hydrogens is 274 g/mol. The molecule has 5 nitrogen and oxygen atoms in total. The number of aliphatic carboxylic acids is 2. The Labute approximate surface area is 110 Å². The summed E-state index contributed by atoms with van der Waals surface area (Å²) in [6.45, 7) is 0. The predicted molar refractivity (Wildman–Crippen MR) is 69.2 cm³/mol. The Morgan fingerprint density at radius 3 is 2.67 bits per heavy atom. The molecule has 0 aliphatic carbocycles. The minimum absolute atomic E-state index is 0.421. The van der Waals surface area contributed by atoms with Crippen LogP contribution in [0.4, 0.5) is 0 Å². The summed E-state index contributed by atoms with van der Waals surface area (Å²) >= 11 is 2.34. The van der Waals surface area contributed by atoms with Crippen LogP contribution in [0.1, 0.15) is 6.42 Å². The molecule has 0 saturated carbocycles. The molecule has 0 saturated heterocycles. The molecule has 0 bridgehead atoms. The quantitative estimate of drug-likeness (QED) is 0.819. The lowest BCUT2D eigenvalue weighted by atomic mass is 10.3. The summed E-state index contributed by atoms with van der Waals surface area (Å²) in [5, 5.41) is 16.6. The van der Waals surface area contributed by atoms with Gasteiger partial charge in [-0.25, -0.2) is 4.98 Å². The van der Waals surface area contributed by atoms with E-state index in [9.17, 15) is 9.59 Å². The van der Waals surface area contributed by atoms with E-state index in [1.165, 1.54) is 11.3 Å². The number of fused-ring (bicyclic) bond motifs is 1. The van der Waals surface area contributed by atoms with E-state index in [1.54, 1.807) is 0 Å². The molecule has 2 aromatic rings. The molecular formula is C11H9NO4S2. The molecule has 18 heavy (non-hydrogen) atoms. The first-order chi connectivity index (χ1) is 8.56. The van der Waals surface area contributed by atoms with Gasteiger partial charge in [0.2, 0.25) is 0 Å². The van der Waals surface area contributed by atoms with Crippen molar-refractivity contribution in [1.29, 1.82) is 0 Å². The first-order valence-corrected chi connectivity index (χ1v) is 6.72. The van der Waals surface area contributed by atoms with Gasteiger partial charge in [0, 0.05) is 0 Å². The van der Waals surface area contributed by atoms with Crippen molar-refractivity contribution in [3.63, 3.8) is 0 Å². The number of thiazole rings is 1. The molecule has 0 aliphatic heterocycles. The zero-order chi connectivity index (χ0) is 13.1. The zero-order valence-electron chi connectivity index (χ0n) is 9.07. The van der Waals surface area contributed by atoms with Crippen molar-refractivity contribution in [3.8, 4) is 0 Å². The highest BCUT2D eigenvalue weighted by Crippen LogP contribution is 2.33. The third kappa shape index (κ3) is 2.99. The second kappa shape index (κ2) is 5.36. The van der Waals surface area contributed by atoms with E-state index in [1.807, 2.05) is 24.3 Å². The van der Waals surface area contributed by atoms with Gasteiger partial charge < -0.3 is 10.2 Å². The lowest BCUT2D eigenvalue weighted by molar-refractivity contribution is -0.142. The first kappa shape index (κ1) is 12.8. The van der Waals surface area contributed by atoms with Crippen molar-refractivity contribution in [3.05, 3.63) is 24.3 Å². The van der Waals surface area contributed by atoms with Crippen LogP contribution in [0, 0.1) is 0 Å². The normalized spacial score (nSPS) is 12.4. The fraction of sp³-hybridized carbons (Fsp3) is 0.182. The fourth-order valence-electron chi connectivity index (χ4n) is 1.36. The molecule has 0 aliphatic rings. The third-order valence-electron chi connectivity index (χ3n) is 2.15. The number of rotatable bonds is 5. The molecule has 0 amide bonds. The predicted octanol–water partition coefficient (Wildman–Crippen LogP) is 2.32. The highest BCUT2D eigenvalue weighted by molar-refractivity contribution is 8.02. The van der Waals surface area contributed by atoms with E-state index < -0.39 is 23.6 Å². The summed E-state index contributed by atoms with van der Waals surface area (Å²) in [4.78, 5) is 25.8. The van der Waals surface area contributed by atoms with Gasteiger partial charge in [-0.15, -0.1) is 11.3 Å². The molecule has 94 valence electrons. The SMILES string of the molecule is O=C(O)C[C@H](Sc1nc2ccccc2s1)C(=O)O. The monoisotopic (exact) mass is 283 g/mol. The Kier molecular flexibility index (Phi) is 3.83. The van der Waals surface area contributed by atoms with E-state index in [0.29, 0.717) is 4.34 Å². The number of benzene rings is 1. The van der Waals surface area contributed by atoms with Gasteiger partial charge >= 0.3 is 11.9 Å². The van der Waals surface area contributed by atoms with Crippen LogP contribution in [0.2, 0.25) is 0 Å². The van der Waals surface area contributed by atoms with Crippen molar-refractivity contribution < 1.29 is 19.8 Å². The molecule has 7 heteroatoms. The molecule has 2 rings (SSSR count). The minimum Gasteiger partial charge on any atom is -0.481 e. The summed E-state index contributed by atoms with van der Waals surface area (Å²) < 4.78 is 1.53. The molecule has 0 spiro atoms. The number of thioether (sulfide) groups is 1. The second-order valence-corrected chi connectivity index (χ2v) is 5.97. The number of nitrogens with zero attached hydrogens (tertiary/aromatic N) is 1. The van der Waals surface area contributed by atoms with E-state index in [2.05, 4.69) is 4.98 Å². The number of hydrogen-bond donors (Lipinski definition) is 2. The van der Waals surface area contributed by atoms with Crippen molar-refractivity contribution >= 4 is 45.3 Å². The summed E-state index contributed by atoms with van der Waals surface area (Å²) in [6.07, 6.45) is -0.421. The van der Waals surface area contributed by atoms with Crippen LogP contribution >= 0.6 is 23.1 Å². The average molecular weight is 283 g/mol. The Morgan fingerprint density at radius 1 is 1.33 bits per heavy atom. The summed E-state index contributed by atoms with van der Waals surface area (Å²) in [7, 11) is 0. The zero-order valence-corrected chi connectivity index (χ0v) is 10.7. The van der Waals surface area contributed by atoms with Crippen molar-refractivity contribution in [2.24, 2.45) is 0 Å². The smallest absolute Gasteiger partial charge is 0.317 e. The van der Waals surface area contributed by atoms with Crippen LogP contribution in [-0.4, -0.2) is 32.4 Å². The van der Waals surface area contributed by atoms with E-state index in [0.717, 1.165) is 22.0 Å². The molecule has 0 radical (unpaired) electrons. The number of carbonyl (C=O) groups is 2. The van der Waals surface area contributed by atoms with Gasteiger partial charge in [0.1, 0.15) is 5.25 Å². The Balaban J connectivity index is 2.20. The van der Waals surface area contributed by atoms with E-state index in [4.69, 9.17) is 10.2 Å². The van der Waals surface area contributed by atoms with E-state index in [-0.39, 0.29) is 0 Å². The molecule has 1 atom stereocenters. The molecule has 0 unspecified atom stereocenters. The van der Waals surface area contributed by atoms with Gasteiger partial charge in [0.25, 0.3) is 0 Å². The number of carboxylic acid groups (broad SMARTS) is 2. The fourth-order valence-corrected chi connectivity index (χ4v) is 3.59. The van der Waals surface area contributed by atoms with Crippen molar-refractivity contribution in [2.75, 3.05) is 0 Å². The number of hydrogen-bond acceptors (Lipinski definition) is 5. The largest absolute Gasteiger partial charge is 0.481 e. The molecule has 0 fully saturated rings. The minimum atomic E-state index is -1.14. The average Bonchev–Trinajstić information content (AvgIpc) is 2.69. The van der Waals surface area contributed by atoms with Crippen LogP contribution in [0.5, 0.6) is 0 Å². The molecule has 1 aromatic heterocycles. The maximum absolute atomic E-state index is 10.9.